The molecule has 1 aliphatic heterocycles. The number of nitrogens with zero attached hydrogens (tertiary/aromatic N) is 1. The number of aliphatic hydroxyl groups excluding tert-OH is 1. The third-order valence-electron chi connectivity index (χ3n) is 4.23. The molecule has 0 spiro atoms. The fourth-order valence-electron chi connectivity index (χ4n) is 3.05. The van der Waals surface area contributed by atoms with Gasteiger partial charge in [0.25, 0.3) is 0 Å². The van der Waals surface area contributed by atoms with Crippen molar-refractivity contribution in [2.75, 3.05) is 13.2 Å². The van der Waals surface area contributed by atoms with E-state index in [1.807, 2.05) is 13.8 Å². The lowest BCUT2D eigenvalue weighted by Crippen LogP contribution is -2.39. The Morgan fingerprint density at radius 1 is 1.35 bits per heavy atom. The van der Waals surface area contributed by atoms with Gasteiger partial charge in [-0.3, -0.25) is 9.59 Å². The number of aliphatic hydroxyl groups is 1. The quantitative estimate of drug-likeness (QED) is 0.746. The molecule has 1 heterocycles. The SMILES string of the molecule is CC1(C)[C@H](C(=O)O)[C@@H]1C(=O)N1CCC[C@@H]1CO. The van der Waals surface area contributed by atoms with E-state index >= 15 is 0 Å². The molecule has 1 aliphatic carbocycles. The number of aliphatic carboxylic acids is 1. The van der Waals surface area contributed by atoms with Crippen LogP contribution in [0.15, 0.2) is 0 Å². The predicted molar refractivity (Wildman–Crippen MR) is 60.2 cm³/mol. The number of carbonyl (C=O) groups excluding carboxylic acids is 1. The fourth-order valence-corrected chi connectivity index (χ4v) is 3.05. The van der Waals surface area contributed by atoms with E-state index in [9.17, 15) is 14.7 Å². The van der Waals surface area contributed by atoms with E-state index in [0.717, 1.165) is 12.8 Å². The second-order valence-corrected chi connectivity index (χ2v) is 5.63. The van der Waals surface area contributed by atoms with Crippen LogP contribution in [0.5, 0.6) is 0 Å². The largest absolute Gasteiger partial charge is 0.481 e. The van der Waals surface area contributed by atoms with Gasteiger partial charge in [-0.25, -0.2) is 0 Å². The van der Waals surface area contributed by atoms with Gasteiger partial charge in [0.05, 0.1) is 24.5 Å². The molecule has 0 aromatic heterocycles. The Morgan fingerprint density at radius 2 is 2.00 bits per heavy atom. The zero-order chi connectivity index (χ0) is 12.8. The monoisotopic (exact) mass is 241 g/mol. The average Bonchev–Trinajstić information content (AvgIpc) is 2.63. The smallest absolute Gasteiger partial charge is 0.307 e. The molecule has 2 N–H and O–H groups in total. The first-order chi connectivity index (χ1) is 7.91. The standard InChI is InChI=1S/C12H19NO4/c1-12(2)8(9(12)11(16)17)10(15)13-5-3-4-7(13)6-14/h7-9,14H,3-6H2,1-2H3,(H,16,17)/t7-,8-,9+/m1/s1. The summed E-state index contributed by atoms with van der Waals surface area (Å²) in [7, 11) is 0. The van der Waals surface area contributed by atoms with Gasteiger partial charge in [-0.05, 0) is 18.3 Å². The molecule has 0 unspecified atom stereocenters. The van der Waals surface area contributed by atoms with Crippen molar-refractivity contribution in [1.29, 1.82) is 0 Å². The second kappa shape index (κ2) is 3.98. The summed E-state index contributed by atoms with van der Waals surface area (Å²) < 4.78 is 0. The zero-order valence-electron chi connectivity index (χ0n) is 10.2. The van der Waals surface area contributed by atoms with Crippen molar-refractivity contribution in [3.63, 3.8) is 0 Å². The van der Waals surface area contributed by atoms with Crippen LogP contribution in [-0.4, -0.2) is 46.2 Å². The van der Waals surface area contributed by atoms with Crippen molar-refractivity contribution >= 4 is 11.9 Å². The highest BCUT2D eigenvalue weighted by Gasteiger charge is 2.67. The van der Waals surface area contributed by atoms with E-state index in [1.165, 1.54) is 0 Å². The molecule has 2 rings (SSSR count). The van der Waals surface area contributed by atoms with Crippen molar-refractivity contribution in [1.82, 2.24) is 4.90 Å². The Labute approximate surface area is 100 Å². The van der Waals surface area contributed by atoms with Gasteiger partial charge in [0.2, 0.25) is 5.91 Å². The molecular formula is C12H19NO4. The molecular weight excluding hydrogens is 222 g/mol. The Hall–Kier alpha value is -1.10. The first-order valence-electron chi connectivity index (χ1n) is 6.05. The van der Waals surface area contributed by atoms with Gasteiger partial charge >= 0.3 is 5.97 Å². The third kappa shape index (κ3) is 1.82. The number of carboxylic acids is 1. The number of carboxylic acid groups (broad SMARTS) is 1. The highest BCUT2D eigenvalue weighted by Crippen LogP contribution is 2.59. The van der Waals surface area contributed by atoms with Crippen molar-refractivity contribution < 1.29 is 19.8 Å². The van der Waals surface area contributed by atoms with Crippen molar-refractivity contribution in [2.45, 2.75) is 32.7 Å². The molecule has 1 saturated heterocycles. The summed E-state index contributed by atoms with van der Waals surface area (Å²) in [5, 5.41) is 18.2. The molecule has 0 aromatic rings. The van der Waals surface area contributed by atoms with E-state index in [0.29, 0.717) is 6.54 Å². The van der Waals surface area contributed by atoms with Crippen LogP contribution in [0.25, 0.3) is 0 Å². The molecule has 96 valence electrons. The van der Waals surface area contributed by atoms with Crippen LogP contribution in [0.1, 0.15) is 26.7 Å². The molecule has 0 radical (unpaired) electrons. The van der Waals surface area contributed by atoms with E-state index in [1.54, 1.807) is 4.90 Å². The second-order valence-electron chi connectivity index (χ2n) is 5.63. The van der Waals surface area contributed by atoms with Gasteiger partial charge in [0, 0.05) is 6.54 Å². The summed E-state index contributed by atoms with van der Waals surface area (Å²) in [5.74, 6) is -1.99. The Bertz CT molecular complexity index is 352. The molecule has 3 atom stereocenters. The van der Waals surface area contributed by atoms with Gasteiger partial charge in [-0.15, -0.1) is 0 Å². The lowest BCUT2D eigenvalue weighted by molar-refractivity contribution is -0.142. The Kier molecular flexibility index (Phi) is 2.89. The Balaban J connectivity index is 2.09. The first kappa shape index (κ1) is 12.4. The fraction of sp³-hybridized carbons (Fsp3) is 0.833. The summed E-state index contributed by atoms with van der Waals surface area (Å²) in [6, 6.07) is -0.117. The van der Waals surface area contributed by atoms with E-state index in [2.05, 4.69) is 0 Å². The van der Waals surface area contributed by atoms with Gasteiger partial charge in [-0.1, -0.05) is 13.8 Å². The number of amides is 1. The number of rotatable bonds is 3. The molecule has 5 nitrogen and oxygen atoms in total. The van der Waals surface area contributed by atoms with Crippen LogP contribution < -0.4 is 0 Å². The van der Waals surface area contributed by atoms with Gasteiger partial charge in [-0.2, -0.15) is 0 Å². The summed E-state index contributed by atoms with van der Waals surface area (Å²) in [5.41, 5.74) is -0.453. The number of hydrogen-bond donors (Lipinski definition) is 2. The molecule has 5 heteroatoms. The number of likely N-dealkylation sites (tertiary alicyclic amines) is 1. The predicted octanol–water partition coefficient (Wildman–Crippen LogP) is 0.326. The van der Waals surface area contributed by atoms with Crippen LogP contribution >= 0.6 is 0 Å². The van der Waals surface area contributed by atoms with Crippen LogP contribution in [0, 0.1) is 17.3 Å². The Morgan fingerprint density at radius 3 is 2.47 bits per heavy atom. The van der Waals surface area contributed by atoms with Crippen molar-refractivity contribution in [2.24, 2.45) is 17.3 Å². The molecule has 1 amide bonds. The molecule has 2 aliphatic rings. The summed E-state index contributed by atoms with van der Waals surface area (Å²) >= 11 is 0. The molecule has 1 saturated carbocycles. The van der Waals surface area contributed by atoms with Crippen LogP contribution in [0.4, 0.5) is 0 Å². The zero-order valence-corrected chi connectivity index (χ0v) is 10.2. The molecule has 0 bridgehead atoms. The van der Waals surface area contributed by atoms with Crippen molar-refractivity contribution in [3.8, 4) is 0 Å². The van der Waals surface area contributed by atoms with Gasteiger partial charge in [0.1, 0.15) is 0 Å². The topological polar surface area (TPSA) is 77.8 Å². The van der Waals surface area contributed by atoms with Crippen LogP contribution in [0.2, 0.25) is 0 Å². The molecule has 0 aromatic carbocycles. The number of carbonyl (C=O) groups is 2. The normalized spacial score (nSPS) is 34.8. The maximum Gasteiger partial charge on any atom is 0.307 e. The lowest BCUT2D eigenvalue weighted by atomic mass is 10.1. The minimum Gasteiger partial charge on any atom is -0.481 e. The van der Waals surface area contributed by atoms with E-state index < -0.39 is 23.2 Å². The van der Waals surface area contributed by atoms with E-state index in [-0.39, 0.29) is 18.6 Å². The third-order valence-corrected chi connectivity index (χ3v) is 4.23. The van der Waals surface area contributed by atoms with Gasteiger partial charge < -0.3 is 15.1 Å². The lowest BCUT2D eigenvalue weighted by Gasteiger charge is -2.23. The highest BCUT2D eigenvalue weighted by molar-refractivity contribution is 5.92. The van der Waals surface area contributed by atoms with Crippen LogP contribution in [0.3, 0.4) is 0 Å². The summed E-state index contributed by atoms with van der Waals surface area (Å²) in [6.07, 6.45) is 1.70. The minimum atomic E-state index is -0.895. The average molecular weight is 241 g/mol. The summed E-state index contributed by atoms with van der Waals surface area (Å²) in [6.45, 7) is 4.25. The van der Waals surface area contributed by atoms with Crippen molar-refractivity contribution in [3.05, 3.63) is 0 Å². The summed E-state index contributed by atoms with van der Waals surface area (Å²) in [4.78, 5) is 25.0. The number of hydrogen-bond acceptors (Lipinski definition) is 3. The molecule has 17 heavy (non-hydrogen) atoms. The van der Waals surface area contributed by atoms with Gasteiger partial charge in [0.15, 0.2) is 0 Å². The molecule has 2 fully saturated rings. The first-order valence-corrected chi connectivity index (χ1v) is 6.05. The van der Waals surface area contributed by atoms with E-state index in [4.69, 9.17) is 5.11 Å². The minimum absolute atomic E-state index is 0.0311. The maximum atomic E-state index is 12.3. The maximum absolute atomic E-state index is 12.3. The van der Waals surface area contributed by atoms with Crippen LogP contribution in [-0.2, 0) is 9.59 Å². The highest BCUT2D eigenvalue weighted by atomic mass is 16.4.